The van der Waals surface area contributed by atoms with Gasteiger partial charge in [-0.25, -0.2) is 0 Å². The van der Waals surface area contributed by atoms with E-state index in [-0.39, 0.29) is 56.9 Å². The molecule has 45 heavy (non-hydrogen) atoms. The van der Waals surface area contributed by atoms with Crippen molar-refractivity contribution in [2.45, 2.75) is 45.2 Å². The molecule has 0 bridgehead atoms. The van der Waals surface area contributed by atoms with Gasteiger partial charge in [0.1, 0.15) is 0 Å². The normalized spacial score (nSPS) is 13.7. The molecule has 6 aromatic carbocycles. The fraction of sp³-hybridized carbons (Fsp3) is 0.171. The number of fused-ring (bicyclic) bond motifs is 7. The van der Waals surface area contributed by atoms with Gasteiger partial charge >= 0.3 is 26.2 Å². The minimum Gasteiger partial charge on any atom is -1.00 e. The maximum absolute atomic E-state index is 3.75. The van der Waals surface area contributed by atoms with Crippen LogP contribution in [0.15, 0.2) is 115 Å². The molecule has 0 spiro atoms. The van der Waals surface area contributed by atoms with Crippen molar-refractivity contribution in [3.8, 4) is 22.3 Å². The molecule has 6 aromatic rings. The maximum Gasteiger partial charge on any atom is 3.00 e. The Balaban J connectivity index is 0.000000741. The first-order chi connectivity index (χ1) is 20.7. The standard InChI is InChI=1S/C39H29.C2H6Si.2ClH.Zr/c1-2-11-27-24-38-33(36-22-25-12-3-5-14-28(25)30-16-7-8-17-32(30)36)19-10-21-35(38)39(27)34-20-9-18-31-29-15-6-4-13-26(29)23-37(31)34;1-3-2;;;/h3-10,12-19,21-22,24,39H,2,11,23H2,1H3;1-2H3;2*1H;/q-1;;;;+3/p-2. The summed E-state index contributed by atoms with van der Waals surface area (Å²) in [5, 5.41) is 5.25. The molecular formula is C41H35Cl2SiZr. The third-order valence-electron chi connectivity index (χ3n) is 8.85. The van der Waals surface area contributed by atoms with Crippen molar-refractivity contribution >= 4 is 37.1 Å². The fourth-order valence-electron chi connectivity index (χ4n) is 7.20. The van der Waals surface area contributed by atoms with Crippen LogP contribution in [0.5, 0.6) is 0 Å². The summed E-state index contributed by atoms with van der Waals surface area (Å²) in [7, 11) is 1.08. The molecule has 8 rings (SSSR count). The van der Waals surface area contributed by atoms with E-state index in [4.69, 9.17) is 0 Å². The third-order valence-corrected chi connectivity index (χ3v) is 8.85. The van der Waals surface area contributed by atoms with Crippen LogP contribution in [0.4, 0.5) is 0 Å². The number of rotatable bonds is 4. The van der Waals surface area contributed by atoms with Crippen molar-refractivity contribution in [3.05, 3.63) is 149 Å². The molecule has 0 nitrogen and oxygen atoms in total. The van der Waals surface area contributed by atoms with Crippen molar-refractivity contribution in [1.29, 1.82) is 0 Å². The van der Waals surface area contributed by atoms with Crippen LogP contribution >= 0.6 is 0 Å². The van der Waals surface area contributed by atoms with Crippen LogP contribution in [0.2, 0.25) is 13.1 Å². The molecule has 1 unspecified atom stereocenters. The van der Waals surface area contributed by atoms with Crippen LogP contribution in [0.1, 0.15) is 53.5 Å². The van der Waals surface area contributed by atoms with Gasteiger partial charge in [0.2, 0.25) is 0 Å². The monoisotopic (exact) mass is 715 g/mol. The van der Waals surface area contributed by atoms with Gasteiger partial charge in [-0.1, -0.05) is 129 Å². The summed E-state index contributed by atoms with van der Waals surface area (Å²) in [4.78, 5) is 0. The molecule has 0 amide bonds. The second-order valence-corrected chi connectivity index (χ2v) is 12.5. The fourth-order valence-corrected chi connectivity index (χ4v) is 7.20. The van der Waals surface area contributed by atoms with Gasteiger partial charge in [-0.3, -0.25) is 0 Å². The Morgan fingerprint density at radius 1 is 0.711 bits per heavy atom. The topological polar surface area (TPSA) is 0 Å². The second-order valence-electron chi connectivity index (χ2n) is 11.5. The molecule has 0 saturated carbocycles. The van der Waals surface area contributed by atoms with E-state index in [1.54, 1.807) is 0 Å². The van der Waals surface area contributed by atoms with Crippen LogP contribution in [0, 0.1) is 6.07 Å². The number of benzene rings is 6. The van der Waals surface area contributed by atoms with Crippen molar-refractivity contribution in [2.75, 3.05) is 0 Å². The summed E-state index contributed by atoms with van der Waals surface area (Å²) in [6.07, 6.45) is 5.75. The first kappa shape index (κ1) is 35.1. The van der Waals surface area contributed by atoms with Crippen molar-refractivity contribution in [3.63, 3.8) is 0 Å². The maximum atomic E-state index is 3.75. The number of hydrogen-bond acceptors (Lipinski definition) is 0. The Morgan fingerprint density at radius 3 is 2.16 bits per heavy atom. The van der Waals surface area contributed by atoms with Crippen LogP contribution in [-0.2, 0) is 32.6 Å². The average molecular weight is 718 g/mol. The molecule has 2 aliphatic carbocycles. The zero-order chi connectivity index (χ0) is 28.6. The van der Waals surface area contributed by atoms with Crippen molar-refractivity contribution < 1.29 is 51.0 Å². The van der Waals surface area contributed by atoms with E-state index < -0.39 is 0 Å². The summed E-state index contributed by atoms with van der Waals surface area (Å²) >= 11 is 0. The Labute approximate surface area is 302 Å². The van der Waals surface area contributed by atoms with E-state index in [1.807, 2.05) is 0 Å². The van der Waals surface area contributed by atoms with Gasteiger partial charge in [-0.2, -0.15) is 18.2 Å². The third kappa shape index (κ3) is 6.20. The summed E-state index contributed by atoms with van der Waals surface area (Å²) in [5.74, 6) is 0.260. The second kappa shape index (κ2) is 15.2. The van der Waals surface area contributed by atoms with Gasteiger partial charge in [-0.05, 0) is 73.8 Å². The molecular weight excluding hydrogens is 683 g/mol. The number of halogens is 2. The van der Waals surface area contributed by atoms with Crippen LogP contribution in [0.25, 0.3) is 49.9 Å². The molecule has 3 radical (unpaired) electrons. The minimum atomic E-state index is 0. The first-order valence-corrected chi connectivity index (χ1v) is 17.2. The molecule has 0 aromatic heterocycles. The van der Waals surface area contributed by atoms with Crippen LogP contribution < -0.4 is 24.8 Å². The van der Waals surface area contributed by atoms with Crippen LogP contribution in [0.3, 0.4) is 0 Å². The van der Waals surface area contributed by atoms with Gasteiger partial charge in [0.25, 0.3) is 0 Å². The predicted octanol–water partition coefficient (Wildman–Crippen LogP) is 5.15. The summed E-state index contributed by atoms with van der Waals surface area (Å²) in [6.45, 7) is 6.60. The molecule has 0 aliphatic heterocycles. The minimum absolute atomic E-state index is 0. The van der Waals surface area contributed by atoms with Crippen LogP contribution in [-0.4, -0.2) is 9.52 Å². The SMILES string of the molecule is CCCC1=Cc2c(-c3cc4ccccc4c4ccccc34)cccc2C1c1[c-]ccc2c1Cc1ccccc1-2.C[Si]C.[Cl-].[Cl-].[Zr+3]. The smallest absolute Gasteiger partial charge is 1.00 e. The number of allylic oxidation sites excluding steroid dienone is 1. The summed E-state index contributed by atoms with van der Waals surface area (Å²) in [5.41, 5.74) is 14.0. The van der Waals surface area contributed by atoms with E-state index in [0.29, 0.717) is 0 Å². The van der Waals surface area contributed by atoms with Gasteiger partial charge in [-0.15, -0.1) is 16.7 Å². The molecule has 0 N–H and O–H groups in total. The molecule has 0 saturated heterocycles. The molecule has 0 fully saturated rings. The summed E-state index contributed by atoms with van der Waals surface area (Å²) in [6, 6.07) is 44.1. The van der Waals surface area contributed by atoms with Gasteiger partial charge < -0.3 is 24.8 Å². The zero-order valence-corrected chi connectivity index (χ0v) is 30.9. The van der Waals surface area contributed by atoms with Crippen molar-refractivity contribution in [1.82, 2.24) is 0 Å². The molecule has 4 heteroatoms. The molecule has 1 atom stereocenters. The first-order valence-electron chi connectivity index (χ1n) is 15.2. The molecule has 0 heterocycles. The Kier molecular flexibility index (Phi) is 11.9. The predicted molar refractivity (Wildman–Crippen MR) is 183 cm³/mol. The molecule has 221 valence electrons. The largest absolute Gasteiger partial charge is 3.00 e. The Morgan fingerprint density at radius 2 is 1.38 bits per heavy atom. The van der Waals surface area contributed by atoms with E-state index in [1.165, 1.54) is 77.2 Å². The van der Waals surface area contributed by atoms with Gasteiger partial charge in [0.05, 0.1) is 0 Å². The van der Waals surface area contributed by atoms with E-state index in [0.717, 1.165) is 28.8 Å². The Bertz CT molecular complexity index is 1990. The Hall–Kier alpha value is -2.74. The van der Waals surface area contributed by atoms with Gasteiger partial charge in [0, 0.05) is 15.4 Å². The molecule has 2 aliphatic rings. The average Bonchev–Trinajstić information content (AvgIpc) is 3.59. The zero-order valence-electron chi connectivity index (χ0n) is 25.9. The van der Waals surface area contributed by atoms with E-state index >= 15 is 0 Å². The number of hydrogen-bond donors (Lipinski definition) is 0. The van der Waals surface area contributed by atoms with E-state index in [9.17, 15) is 0 Å². The van der Waals surface area contributed by atoms with E-state index in [2.05, 4.69) is 141 Å². The van der Waals surface area contributed by atoms with Crippen molar-refractivity contribution in [2.24, 2.45) is 0 Å². The summed E-state index contributed by atoms with van der Waals surface area (Å²) < 4.78 is 0. The van der Waals surface area contributed by atoms with Gasteiger partial charge in [0.15, 0.2) is 0 Å². The quantitative estimate of drug-likeness (QED) is 0.134.